The number of benzene rings is 1. The second kappa shape index (κ2) is 3.84. The summed E-state index contributed by atoms with van der Waals surface area (Å²) in [5.74, 6) is -1.50. The molecule has 0 saturated heterocycles. The van der Waals surface area contributed by atoms with E-state index < -0.39 is 28.8 Å². The molecule has 2 nitrogen and oxygen atoms in total. The molecule has 0 saturated carbocycles. The minimum atomic E-state index is -4.66. The Hall–Kier alpha value is -1.04. The topological polar surface area (TPSA) is 37.3 Å². The molecule has 1 aromatic rings. The molecule has 0 aliphatic rings. The zero-order chi connectivity index (χ0) is 11.8. The lowest BCUT2D eigenvalue weighted by Gasteiger charge is -2.12. The fraction of sp³-hybridized carbons (Fsp3) is 0.222. The molecule has 1 N–H and O–H groups in total. The van der Waals surface area contributed by atoms with E-state index in [1.54, 1.807) is 0 Å². The van der Waals surface area contributed by atoms with Crippen LogP contribution in [0.1, 0.15) is 22.8 Å². The minimum Gasteiger partial charge on any atom is -0.507 e. The van der Waals surface area contributed by atoms with Gasteiger partial charge in [-0.15, -0.1) is 0 Å². The highest BCUT2D eigenvalue weighted by molar-refractivity contribution is 9.10. The van der Waals surface area contributed by atoms with Crippen LogP contribution in [0.15, 0.2) is 16.6 Å². The van der Waals surface area contributed by atoms with E-state index in [0.29, 0.717) is 0 Å². The predicted molar refractivity (Wildman–Crippen MR) is 50.8 cm³/mol. The standard InChI is InChI=1S/C9H6BrF3O2/c1-4(14)8-6(9(11,12)13)2-5(10)3-7(8)15/h2-3,15H,1H3. The van der Waals surface area contributed by atoms with Crippen LogP contribution >= 0.6 is 15.9 Å². The minimum absolute atomic E-state index is 0.0670. The SMILES string of the molecule is CC(=O)c1c(O)cc(Br)cc1C(F)(F)F. The van der Waals surface area contributed by atoms with E-state index in [1.807, 2.05) is 0 Å². The summed E-state index contributed by atoms with van der Waals surface area (Å²) in [6.07, 6.45) is -4.66. The molecule has 6 heteroatoms. The number of carbonyl (C=O) groups excluding carboxylic acids is 1. The third-order valence-electron chi connectivity index (χ3n) is 1.74. The zero-order valence-corrected chi connectivity index (χ0v) is 9.11. The van der Waals surface area contributed by atoms with E-state index in [-0.39, 0.29) is 4.47 Å². The molecule has 1 aromatic carbocycles. The Bertz CT molecular complexity index is 413. The van der Waals surface area contributed by atoms with E-state index in [1.165, 1.54) is 0 Å². The van der Waals surface area contributed by atoms with Crippen LogP contribution in [0.4, 0.5) is 13.2 Å². The molecule has 0 atom stereocenters. The van der Waals surface area contributed by atoms with Crippen LogP contribution in [0.25, 0.3) is 0 Å². The van der Waals surface area contributed by atoms with Crippen LogP contribution in [0.2, 0.25) is 0 Å². The lowest BCUT2D eigenvalue weighted by Crippen LogP contribution is -2.12. The molecular weight excluding hydrogens is 277 g/mol. The fourth-order valence-electron chi connectivity index (χ4n) is 1.19. The van der Waals surface area contributed by atoms with Gasteiger partial charge in [0.2, 0.25) is 0 Å². The van der Waals surface area contributed by atoms with Gasteiger partial charge in [0.25, 0.3) is 0 Å². The molecule has 0 bridgehead atoms. The van der Waals surface area contributed by atoms with Crippen LogP contribution in [-0.4, -0.2) is 10.9 Å². The summed E-state index contributed by atoms with van der Waals surface area (Å²) >= 11 is 2.82. The molecule has 0 aromatic heterocycles. The zero-order valence-electron chi connectivity index (χ0n) is 7.52. The lowest BCUT2D eigenvalue weighted by atomic mass is 10.0. The van der Waals surface area contributed by atoms with Crippen molar-refractivity contribution in [3.05, 3.63) is 27.7 Å². The number of phenols is 1. The van der Waals surface area contributed by atoms with Gasteiger partial charge in [-0.2, -0.15) is 13.2 Å². The van der Waals surface area contributed by atoms with Gasteiger partial charge in [0.1, 0.15) is 5.75 Å². The molecule has 0 fully saturated rings. The van der Waals surface area contributed by atoms with Crippen molar-refractivity contribution in [3.63, 3.8) is 0 Å². The van der Waals surface area contributed by atoms with Crippen molar-refractivity contribution < 1.29 is 23.1 Å². The summed E-state index contributed by atoms with van der Waals surface area (Å²) in [5.41, 5.74) is -1.84. The number of phenolic OH excluding ortho intramolecular Hbond substituents is 1. The van der Waals surface area contributed by atoms with Gasteiger partial charge < -0.3 is 5.11 Å². The van der Waals surface area contributed by atoms with Crippen LogP contribution in [0.5, 0.6) is 5.75 Å². The van der Waals surface area contributed by atoms with Crippen molar-refractivity contribution in [1.29, 1.82) is 0 Å². The molecule has 0 unspecified atom stereocenters. The molecule has 0 spiro atoms. The normalized spacial score (nSPS) is 11.5. The van der Waals surface area contributed by atoms with Gasteiger partial charge in [0.15, 0.2) is 5.78 Å². The second-order valence-corrected chi connectivity index (χ2v) is 3.82. The Kier molecular flexibility index (Phi) is 3.08. The fourth-order valence-corrected chi connectivity index (χ4v) is 1.63. The van der Waals surface area contributed by atoms with Crippen LogP contribution in [0, 0.1) is 0 Å². The average Bonchev–Trinajstić information content (AvgIpc) is 1.99. The number of hydrogen-bond donors (Lipinski definition) is 1. The van der Waals surface area contributed by atoms with Crippen LogP contribution < -0.4 is 0 Å². The summed E-state index contributed by atoms with van der Waals surface area (Å²) in [7, 11) is 0. The Labute approximate surface area is 91.8 Å². The maximum absolute atomic E-state index is 12.5. The smallest absolute Gasteiger partial charge is 0.417 e. The Morgan fingerprint density at radius 3 is 2.33 bits per heavy atom. The maximum Gasteiger partial charge on any atom is 0.417 e. The number of ketones is 1. The van der Waals surface area contributed by atoms with E-state index >= 15 is 0 Å². The Morgan fingerprint density at radius 1 is 1.40 bits per heavy atom. The average molecular weight is 283 g/mol. The molecule has 0 aliphatic heterocycles. The highest BCUT2D eigenvalue weighted by Crippen LogP contribution is 2.38. The number of aromatic hydroxyl groups is 1. The van der Waals surface area contributed by atoms with Gasteiger partial charge in [-0.05, 0) is 19.1 Å². The number of Topliss-reactive ketones (excluding diaryl/α,β-unsaturated/α-hetero) is 1. The maximum atomic E-state index is 12.5. The molecular formula is C9H6BrF3O2. The predicted octanol–water partition coefficient (Wildman–Crippen LogP) is 3.38. The highest BCUT2D eigenvalue weighted by atomic mass is 79.9. The first-order valence-electron chi connectivity index (χ1n) is 3.84. The van der Waals surface area contributed by atoms with Crippen molar-refractivity contribution in [1.82, 2.24) is 0 Å². The quantitative estimate of drug-likeness (QED) is 0.802. The molecule has 0 radical (unpaired) electrons. The van der Waals surface area contributed by atoms with E-state index in [2.05, 4.69) is 15.9 Å². The molecule has 1 rings (SSSR count). The number of rotatable bonds is 1. The Balaban J connectivity index is 3.54. The van der Waals surface area contributed by atoms with Gasteiger partial charge in [0, 0.05) is 4.47 Å². The number of carbonyl (C=O) groups is 1. The molecule has 0 aliphatic carbocycles. The number of halogens is 4. The summed E-state index contributed by atoms with van der Waals surface area (Å²) in [6, 6.07) is 1.81. The molecule has 0 amide bonds. The van der Waals surface area contributed by atoms with Crippen LogP contribution in [-0.2, 0) is 6.18 Å². The summed E-state index contributed by atoms with van der Waals surface area (Å²) in [6.45, 7) is 0.970. The first kappa shape index (κ1) is 12.0. The number of alkyl halides is 3. The third-order valence-corrected chi connectivity index (χ3v) is 2.20. The van der Waals surface area contributed by atoms with Crippen LogP contribution in [0.3, 0.4) is 0 Å². The van der Waals surface area contributed by atoms with Crippen molar-refractivity contribution in [2.75, 3.05) is 0 Å². The van der Waals surface area contributed by atoms with E-state index in [0.717, 1.165) is 19.1 Å². The molecule has 82 valence electrons. The summed E-state index contributed by atoms with van der Waals surface area (Å²) in [5, 5.41) is 9.26. The van der Waals surface area contributed by atoms with Crippen molar-refractivity contribution >= 4 is 21.7 Å². The van der Waals surface area contributed by atoms with E-state index in [4.69, 9.17) is 0 Å². The monoisotopic (exact) mass is 282 g/mol. The lowest BCUT2D eigenvalue weighted by molar-refractivity contribution is -0.138. The first-order chi connectivity index (χ1) is 6.73. The molecule has 0 heterocycles. The van der Waals surface area contributed by atoms with Crippen molar-refractivity contribution in [3.8, 4) is 5.75 Å². The Morgan fingerprint density at radius 2 is 1.93 bits per heavy atom. The third kappa shape index (κ3) is 2.50. The van der Waals surface area contributed by atoms with Crippen molar-refractivity contribution in [2.24, 2.45) is 0 Å². The summed E-state index contributed by atoms with van der Waals surface area (Å²) < 4.78 is 37.5. The van der Waals surface area contributed by atoms with Gasteiger partial charge in [0.05, 0.1) is 11.1 Å². The van der Waals surface area contributed by atoms with Gasteiger partial charge in [-0.3, -0.25) is 4.79 Å². The molecule has 15 heavy (non-hydrogen) atoms. The van der Waals surface area contributed by atoms with Gasteiger partial charge in [-0.1, -0.05) is 15.9 Å². The first-order valence-corrected chi connectivity index (χ1v) is 4.63. The van der Waals surface area contributed by atoms with Gasteiger partial charge in [-0.25, -0.2) is 0 Å². The van der Waals surface area contributed by atoms with Crippen molar-refractivity contribution in [2.45, 2.75) is 13.1 Å². The second-order valence-electron chi connectivity index (χ2n) is 2.90. The van der Waals surface area contributed by atoms with E-state index in [9.17, 15) is 23.1 Å². The highest BCUT2D eigenvalue weighted by Gasteiger charge is 2.36. The van der Waals surface area contributed by atoms with Gasteiger partial charge >= 0.3 is 6.18 Å². The largest absolute Gasteiger partial charge is 0.507 e. The summed E-state index contributed by atoms with van der Waals surface area (Å²) in [4.78, 5) is 11.0. The number of hydrogen-bond acceptors (Lipinski definition) is 2.